The molecule has 0 amide bonds. The van der Waals surface area contributed by atoms with Gasteiger partial charge in [-0.25, -0.2) is 0 Å². The van der Waals surface area contributed by atoms with Gasteiger partial charge in [-0.1, -0.05) is 28.1 Å². The normalized spacial score (nSPS) is 21.2. The van der Waals surface area contributed by atoms with E-state index in [-0.39, 0.29) is 11.9 Å². The number of carbonyl (C=O) groups excluding carboxylic acids is 1. The van der Waals surface area contributed by atoms with Crippen molar-refractivity contribution in [2.75, 3.05) is 20.3 Å². The highest BCUT2D eigenvalue weighted by atomic mass is 79.9. The van der Waals surface area contributed by atoms with E-state index >= 15 is 0 Å². The molecule has 0 aromatic heterocycles. The zero-order chi connectivity index (χ0) is 13.7. The number of carbonyl (C=O) groups is 1. The Kier molecular flexibility index (Phi) is 5.40. The maximum Gasteiger partial charge on any atom is 0.309 e. The molecule has 1 aliphatic rings. The van der Waals surface area contributed by atoms with Gasteiger partial charge >= 0.3 is 5.97 Å². The van der Waals surface area contributed by atoms with E-state index in [0.29, 0.717) is 12.5 Å². The summed E-state index contributed by atoms with van der Waals surface area (Å²) in [5.74, 6) is 0.336. The lowest BCUT2D eigenvalue weighted by molar-refractivity contribution is -0.145. The molecule has 1 saturated carbocycles. The van der Waals surface area contributed by atoms with Crippen molar-refractivity contribution in [3.63, 3.8) is 0 Å². The van der Waals surface area contributed by atoms with Crippen LogP contribution in [-0.2, 0) is 14.3 Å². The lowest BCUT2D eigenvalue weighted by Gasteiger charge is -2.04. The summed E-state index contributed by atoms with van der Waals surface area (Å²) in [5.41, 5.74) is 1.22. The average molecular weight is 327 g/mol. The first-order valence-electron chi connectivity index (χ1n) is 6.63. The van der Waals surface area contributed by atoms with E-state index in [9.17, 15) is 4.79 Å². The SMILES string of the molecule is COCCCCOC(=O)C1CC1c1cccc(Br)c1. The van der Waals surface area contributed by atoms with Crippen molar-refractivity contribution < 1.29 is 14.3 Å². The molecule has 104 valence electrons. The monoisotopic (exact) mass is 326 g/mol. The largest absolute Gasteiger partial charge is 0.465 e. The van der Waals surface area contributed by atoms with Gasteiger partial charge in [0.1, 0.15) is 0 Å². The second kappa shape index (κ2) is 7.06. The molecule has 0 spiro atoms. The standard InChI is InChI=1S/C15H19BrO3/c1-18-7-2-3-8-19-15(17)14-10-13(14)11-5-4-6-12(16)9-11/h4-6,9,13-14H,2-3,7-8,10H2,1H3. The first-order valence-corrected chi connectivity index (χ1v) is 7.42. The summed E-state index contributed by atoms with van der Waals surface area (Å²) in [4.78, 5) is 11.8. The Balaban J connectivity index is 1.72. The Morgan fingerprint density at radius 1 is 1.37 bits per heavy atom. The molecule has 1 aliphatic carbocycles. The number of benzene rings is 1. The quantitative estimate of drug-likeness (QED) is 0.568. The molecule has 0 aliphatic heterocycles. The zero-order valence-electron chi connectivity index (χ0n) is 11.1. The fourth-order valence-electron chi connectivity index (χ4n) is 2.19. The Morgan fingerprint density at radius 3 is 2.89 bits per heavy atom. The number of ether oxygens (including phenoxy) is 2. The van der Waals surface area contributed by atoms with E-state index in [0.717, 1.165) is 30.3 Å². The summed E-state index contributed by atoms with van der Waals surface area (Å²) >= 11 is 3.45. The number of esters is 1. The molecule has 2 rings (SSSR count). The summed E-state index contributed by atoms with van der Waals surface area (Å²) in [5, 5.41) is 0. The second-order valence-corrected chi connectivity index (χ2v) is 5.79. The average Bonchev–Trinajstić information content (AvgIpc) is 3.18. The van der Waals surface area contributed by atoms with Gasteiger partial charge in [0.2, 0.25) is 0 Å². The van der Waals surface area contributed by atoms with E-state index in [1.807, 2.05) is 12.1 Å². The van der Waals surface area contributed by atoms with Crippen LogP contribution in [0.2, 0.25) is 0 Å². The van der Waals surface area contributed by atoms with Crippen LogP contribution in [-0.4, -0.2) is 26.3 Å². The molecule has 1 fully saturated rings. The minimum Gasteiger partial charge on any atom is -0.465 e. The highest BCUT2D eigenvalue weighted by Gasteiger charge is 2.45. The predicted octanol–water partition coefficient (Wildman–Crippen LogP) is 3.52. The van der Waals surface area contributed by atoms with Crippen LogP contribution in [0.4, 0.5) is 0 Å². The Morgan fingerprint density at radius 2 is 2.16 bits per heavy atom. The van der Waals surface area contributed by atoms with E-state index in [1.54, 1.807) is 7.11 Å². The van der Waals surface area contributed by atoms with Crippen LogP contribution in [0.1, 0.15) is 30.7 Å². The number of methoxy groups -OCH3 is 1. The summed E-state index contributed by atoms with van der Waals surface area (Å²) in [7, 11) is 1.68. The molecule has 0 heterocycles. The van der Waals surface area contributed by atoms with Gasteiger partial charge in [0.15, 0.2) is 0 Å². The van der Waals surface area contributed by atoms with Crippen LogP contribution < -0.4 is 0 Å². The molecule has 0 N–H and O–H groups in total. The number of hydrogen-bond acceptors (Lipinski definition) is 3. The van der Waals surface area contributed by atoms with Crippen LogP contribution in [0.3, 0.4) is 0 Å². The molecular formula is C15H19BrO3. The van der Waals surface area contributed by atoms with Crippen LogP contribution >= 0.6 is 15.9 Å². The van der Waals surface area contributed by atoms with Crippen molar-refractivity contribution in [3.8, 4) is 0 Å². The molecule has 2 unspecified atom stereocenters. The molecule has 3 nitrogen and oxygen atoms in total. The number of halogens is 1. The smallest absolute Gasteiger partial charge is 0.309 e. The minimum absolute atomic E-state index is 0.0525. The predicted molar refractivity (Wildman–Crippen MR) is 77.1 cm³/mol. The fraction of sp³-hybridized carbons (Fsp3) is 0.533. The highest BCUT2D eigenvalue weighted by Crippen LogP contribution is 2.48. The van der Waals surface area contributed by atoms with Gasteiger partial charge < -0.3 is 9.47 Å². The van der Waals surface area contributed by atoms with Crippen LogP contribution in [0.25, 0.3) is 0 Å². The maximum atomic E-state index is 11.8. The molecule has 1 aromatic carbocycles. The van der Waals surface area contributed by atoms with E-state index in [1.165, 1.54) is 5.56 Å². The summed E-state index contributed by atoms with van der Waals surface area (Å²) in [6, 6.07) is 8.15. The number of rotatable bonds is 7. The highest BCUT2D eigenvalue weighted by molar-refractivity contribution is 9.10. The molecule has 2 atom stereocenters. The van der Waals surface area contributed by atoms with Crippen molar-refractivity contribution in [2.24, 2.45) is 5.92 Å². The van der Waals surface area contributed by atoms with Gasteiger partial charge in [-0.15, -0.1) is 0 Å². The molecule has 4 heteroatoms. The van der Waals surface area contributed by atoms with Crippen molar-refractivity contribution >= 4 is 21.9 Å². The second-order valence-electron chi connectivity index (χ2n) is 4.87. The van der Waals surface area contributed by atoms with Crippen molar-refractivity contribution in [3.05, 3.63) is 34.3 Å². The lowest BCUT2D eigenvalue weighted by atomic mass is 10.1. The van der Waals surface area contributed by atoms with Gasteiger partial charge in [0.05, 0.1) is 12.5 Å². The lowest BCUT2D eigenvalue weighted by Crippen LogP contribution is -2.09. The van der Waals surface area contributed by atoms with Gasteiger partial charge in [-0.2, -0.15) is 0 Å². The molecule has 0 saturated heterocycles. The van der Waals surface area contributed by atoms with E-state index in [4.69, 9.17) is 9.47 Å². The van der Waals surface area contributed by atoms with Gasteiger partial charge in [-0.05, 0) is 42.9 Å². The van der Waals surface area contributed by atoms with Gasteiger partial charge in [-0.3, -0.25) is 4.79 Å². The first-order chi connectivity index (χ1) is 9.22. The van der Waals surface area contributed by atoms with Crippen molar-refractivity contribution in [1.82, 2.24) is 0 Å². The van der Waals surface area contributed by atoms with Crippen molar-refractivity contribution in [2.45, 2.75) is 25.2 Å². The molecule has 1 aromatic rings. The summed E-state index contributed by atoms with van der Waals surface area (Å²) < 4.78 is 11.3. The minimum atomic E-state index is -0.0533. The third kappa shape index (κ3) is 4.32. The number of hydrogen-bond donors (Lipinski definition) is 0. The Bertz CT molecular complexity index is 433. The summed E-state index contributed by atoms with van der Waals surface area (Å²) in [6.45, 7) is 1.23. The van der Waals surface area contributed by atoms with Crippen LogP contribution in [0.15, 0.2) is 28.7 Å². The fourth-order valence-corrected chi connectivity index (χ4v) is 2.61. The third-order valence-electron chi connectivity index (χ3n) is 3.36. The molecule has 0 bridgehead atoms. The van der Waals surface area contributed by atoms with E-state index < -0.39 is 0 Å². The Labute approximate surface area is 122 Å². The molecular weight excluding hydrogens is 308 g/mol. The van der Waals surface area contributed by atoms with Crippen LogP contribution in [0, 0.1) is 5.92 Å². The zero-order valence-corrected chi connectivity index (χ0v) is 12.7. The topological polar surface area (TPSA) is 35.5 Å². The van der Waals surface area contributed by atoms with Gasteiger partial charge in [0.25, 0.3) is 0 Å². The third-order valence-corrected chi connectivity index (χ3v) is 3.85. The molecule has 19 heavy (non-hydrogen) atoms. The summed E-state index contributed by atoms with van der Waals surface area (Å²) in [6.07, 6.45) is 2.71. The van der Waals surface area contributed by atoms with Crippen molar-refractivity contribution in [1.29, 1.82) is 0 Å². The first kappa shape index (κ1) is 14.5. The molecule has 0 radical (unpaired) electrons. The maximum absolute atomic E-state index is 11.8. The van der Waals surface area contributed by atoms with E-state index in [2.05, 4.69) is 28.1 Å². The van der Waals surface area contributed by atoms with Crippen LogP contribution in [0.5, 0.6) is 0 Å². The number of unbranched alkanes of at least 4 members (excludes halogenated alkanes) is 1. The van der Waals surface area contributed by atoms with Gasteiger partial charge in [0, 0.05) is 18.2 Å². The Hall–Kier alpha value is -0.870.